The van der Waals surface area contributed by atoms with Gasteiger partial charge >= 0.3 is 5.97 Å². The first-order chi connectivity index (χ1) is 13.3. The van der Waals surface area contributed by atoms with Gasteiger partial charge in [-0.2, -0.15) is 0 Å². The summed E-state index contributed by atoms with van der Waals surface area (Å²) in [6, 6.07) is 5.78. The third kappa shape index (κ3) is 4.90. The molecule has 0 aliphatic heterocycles. The van der Waals surface area contributed by atoms with E-state index in [2.05, 4.69) is 5.32 Å². The molecular formula is C18H18Cl2N2O6. The van der Waals surface area contributed by atoms with Gasteiger partial charge in [-0.05, 0) is 12.1 Å². The minimum absolute atomic E-state index is 0.0149. The highest BCUT2D eigenvalue weighted by atomic mass is 35.5. The number of carbonyl (C=O) groups is 2. The Balaban J connectivity index is 2.08. The van der Waals surface area contributed by atoms with Crippen LogP contribution >= 0.6 is 23.2 Å². The molecule has 28 heavy (non-hydrogen) atoms. The van der Waals surface area contributed by atoms with E-state index in [0.717, 1.165) is 0 Å². The molecular weight excluding hydrogens is 411 g/mol. The zero-order valence-corrected chi connectivity index (χ0v) is 16.8. The Morgan fingerprint density at radius 2 is 1.61 bits per heavy atom. The predicted molar refractivity (Wildman–Crippen MR) is 106 cm³/mol. The molecule has 3 N–H and O–H groups in total. The second-order valence-corrected chi connectivity index (χ2v) is 6.23. The van der Waals surface area contributed by atoms with Crippen LogP contribution in [0.25, 0.3) is 0 Å². The number of anilines is 2. The lowest BCUT2D eigenvalue weighted by molar-refractivity contribution is -0.119. The van der Waals surface area contributed by atoms with Crippen LogP contribution in [0.4, 0.5) is 11.4 Å². The van der Waals surface area contributed by atoms with Gasteiger partial charge in [-0.15, -0.1) is 0 Å². The van der Waals surface area contributed by atoms with Crippen LogP contribution in [0.5, 0.6) is 17.2 Å². The molecule has 2 rings (SSSR count). The van der Waals surface area contributed by atoms with Crippen molar-refractivity contribution in [1.82, 2.24) is 0 Å². The fourth-order valence-electron chi connectivity index (χ4n) is 2.31. The molecule has 0 aromatic heterocycles. The molecule has 0 fully saturated rings. The zero-order chi connectivity index (χ0) is 20.8. The minimum atomic E-state index is -0.832. The van der Waals surface area contributed by atoms with Crippen LogP contribution in [-0.2, 0) is 9.53 Å². The Morgan fingerprint density at radius 1 is 1.00 bits per heavy atom. The maximum atomic E-state index is 12.2. The standard InChI is InChI=1S/C18H18Cl2N2O6/c1-25-13-6-10(7-14(26-2)17(13)27-3)22-15(23)8-28-18(24)11-4-9(19)5-12(20)16(11)21/h4-7H,8,21H2,1-3H3,(H,22,23). The molecule has 0 unspecified atom stereocenters. The van der Waals surface area contributed by atoms with Crippen LogP contribution in [0.1, 0.15) is 10.4 Å². The summed E-state index contributed by atoms with van der Waals surface area (Å²) in [7, 11) is 4.36. The highest BCUT2D eigenvalue weighted by Gasteiger charge is 2.18. The Kier molecular flexibility index (Phi) is 7.19. The van der Waals surface area contributed by atoms with Gasteiger partial charge in [0.25, 0.3) is 5.91 Å². The topological polar surface area (TPSA) is 109 Å². The van der Waals surface area contributed by atoms with Crippen LogP contribution in [0.15, 0.2) is 24.3 Å². The van der Waals surface area contributed by atoms with Gasteiger partial charge in [0.15, 0.2) is 18.1 Å². The van der Waals surface area contributed by atoms with Crippen LogP contribution in [0, 0.1) is 0 Å². The number of rotatable bonds is 7. The van der Waals surface area contributed by atoms with E-state index in [0.29, 0.717) is 22.9 Å². The van der Waals surface area contributed by atoms with Gasteiger partial charge in [0, 0.05) is 22.8 Å². The molecule has 2 aromatic carbocycles. The number of benzene rings is 2. The molecule has 0 saturated carbocycles. The van der Waals surface area contributed by atoms with Crippen molar-refractivity contribution in [3.8, 4) is 17.2 Å². The summed E-state index contributed by atoms with van der Waals surface area (Å²) in [6.45, 7) is -0.556. The number of halogens is 2. The fraction of sp³-hybridized carbons (Fsp3) is 0.222. The quantitative estimate of drug-likeness (QED) is 0.513. The maximum Gasteiger partial charge on any atom is 0.340 e. The van der Waals surface area contributed by atoms with Crippen LogP contribution in [0.2, 0.25) is 10.0 Å². The van der Waals surface area contributed by atoms with Crippen molar-refractivity contribution in [2.75, 3.05) is 39.0 Å². The average molecular weight is 429 g/mol. The summed E-state index contributed by atoms with van der Waals surface area (Å²) >= 11 is 11.7. The van der Waals surface area contributed by atoms with Gasteiger partial charge < -0.3 is 30.0 Å². The van der Waals surface area contributed by atoms with Crippen molar-refractivity contribution in [3.05, 3.63) is 39.9 Å². The van der Waals surface area contributed by atoms with Gasteiger partial charge in [-0.3, -0.25) is 4.79 Å². The number of nitrogen functional groups attached to an aromatic ring is 1. The van der Waals surface area contributed by atoms with Crippen molar-refractivity contribution >= 4 is 46.5 Å². The summed E-state index contributed by atoms with van der Waals surface area (Å²) in [5.41, 5.74) is 6.09. The Bertz CT molecular complexity index is 879. The highest BCUT2D eigenvalue weighted by molar-refractivity contribution is 6.37. The molecule has 0 atom stereocenters. The molecule has 8 nitrogen and oxygen atoms in total. The second-order valence-electron chi connectivity index (χ2n) is 5.39. The average Bonchev–Trinajstić information content (AvgIpc) is 2.67. The maximum absolute atomic E-state index is 12.2. The van der Waals surface area contributed by atoms with Crippen molar-refractivity contribution in [1.29, 1.82) is 0 Å². The van der Waals surface area contributed by atoms with Crippen molar-refractivity contribution < 1.29 is 28.5 Å². The van der Waals surface area contributed by atoms with E-state index in [1.54, 1.807) is 0 Å². The monoisotopic (exact) mass is 428 g/mol. The highest BCUT2D eigenvalue weighted by Crippen LogP contribution is 2.39. The summed E-state index contributed by atoms with van der Waals surface area (Å²) in [4.78, 5) is 24.3. The lowest BCUT2D eigenvalue weighted by Crippen LogP contribution is -2.21. The third-order valence-electron chi connectivity index (χ3n) is 3.60. The molecule has 0 spiro atoms. The number of nitrogens with two attached hydrogens (primary N) is 1. The van der Waals surface area contributed by atoms with Crippen molar-refractivity contribution in [2.24, 2.45) is 0 Å². The number of methoxy groups -OCH3 is 3. The molecule has 0 aliphatic rings. The summed E-state index contributed by atoms with van der Waals surface area (Å²) in [6.07, 6.45) is 0. The third-order valence-corrected chi connectivity index (χ3v) is 4.13. The van der Waals surface area contributed by atoms with Gasteiger partial charge in [-0.1, -0.05) is 23.2 Å². The molecule has 0 aliphatic carbocycles. The van der Waals surface area contributed by atoms with Gasteiger partial charge in [-0.25, -0.2) is 4.79 Å². The zero-order valence-electron chi connectivity index (χ0n) is 15.3. The van der Waals surface area contributed by atoms with Crippen LogP contribution in [-0.4, -0.2) is 39.8 Å². The molecule has 0 bridgehead atoms. The summed E-state index contributed by atoms with van der Waals surface area (Å²) < 4.78 is 20.6. The van der Waals surface area contributed by atoms with E-state index < -0.39 is 18.5 Å². The molecule has 2 aromatic rings. The first-order valence-corrected chi connectivity index (χ1v) is 8.57. The molecule has 0 heterocycles. The first kappa shape index (κ1) is 21.5. The van der Waals surface area contributed by atoms with E-state index in [1.165, 1.54) is 45.6 Å². The largest absolute Gasteiger partial charge is 0.493 e. The minimum Gasteiger partial charge on any atom is -0.493 e. The molecule has 10 heteroatoms. The molecule has 0 saturated heterocycles. The van der Waals surface area contributed by atoms with E-state index in [-0.39, 0.29) is 21.3 Å². The Morgan fingerprint density at radius 3 is 2.14 bits per heavy atom. The number of amides is 1. The SMILES string of the molecule is COc1cc(NC(=O)COC(=O)c2cc(Cl)cc(Cl)c2N)cc(OC)c1OC. The number of hydrogen-bond acceptors (Lipinski definition) is 7. The van der Waals surface area contributed by atoms with E-state index in [1.807, 2.05) is 0 Å². The number of esters is 1. The number of hydrogen-bond donors (Lipinski definition) is 2. The summed E-state index contributed by atoms with van der Waals surface area (Å²) in [5.74, 6) is -0.329. The van der Waals surface area contributed by atoms with Crippen molar-refractivity contribution in [3.63, 3.8) is 0 Å². The molecule has 150 valence electrons. The number of ether oxygens (including phenoxy) is 4. The fourth-order valence-corrected chi connectivity index (χ4v) is 2.81. The lowest BCUT2D eigenvalue weighted by Gasteiger charge is -2.14. The smallest absolute Gasteiger partial charge is 0.340 e. The van der Waals surface area contributed by atoms with E-state index >= 15 is 0 Å². The van der Waals surface area contributed by atoms with Crippen LogP contribution in [0.3, 0.4) is 0 Å². The Hall–Kier alpha value is -2.84. The number of nitrogens with one attached hydrogen (secondary N) is 1. The molecule has 0 radical (unpaired) electrons. The normalized spacial score (nSPS) is 10.2. The predicted octanol–water partition coefficient (Wildman–Crippen LogP) is 3.40. The van der Waals surface area contributed by atoms with E-state index in [9.17, 15) is 9.59 Å². The molecule has 1 amide bonds. The lowest BCUT2D eigenvalue weighted by atomic mass is 10.2. The first-order valence-electron chi connectivity index (χ1n) is 7.82. The van der Waals surface area contributed by atoms with E-state index in [4.69, 9.17) is 47.9 Å². The van der Waals surface area contributed by atoms with Gasteiger partial charge in [0.1, 0.15) is 0 Å². The Labute approximate surface area is 171 Å². The van der Waals surface area contributed by atoms with Gasteiger partial charge in [0.2, 0.25) is 5.75 Å². The second kappa shape index (κ2) is 9.38. The van der Waals surface area contributed by atoms with Crippen molar-refractivity contribution in [2.45, 2.75) is 0 Å². The van der Waals surface area contributed by atoms with Gasteiger partial charge in [0.05, 0.1) is 37.6 Å². The van der Waals surface area contributed by atoms with Crippen LogP contribution < -0.4 is 25.3 Å². The summed E-state index contributed by atoms with van der Waals surface area (Å²) in [5, 5.41) is 2.90. The number of carbonyl (C=O) groups excluding carboxylic acids is 2.